The highest BCUT2D eigenvalue weighted by molar-refractivity contribution is 7.99. The molecule has 98 valence electrons. The van der Waals surface area contributed by atoms with Crippen molar-refractivity contribution in [1.29, 1.82) is 0 Å². The third-order valence-electron chi connectivity index (χ3n) is 3.69. The van der Waals surface area contributed by atoms with Crippen molar-refractivity contribution >= 4 is 17.7 Å². The van der Waals surface area contributed by atoms with Crippen LogP contribution in [0.25, 0.3) is 0 Å². The lowest BCUT2D eigenvalue weighted by molar-refractivity contribution is -0.125. The molecule has 2 saturated heterocycles. The lowest BCUT2D eigenvalue weighted by Gasteiger charge is -2.26. The first-order chi connectivity index (χ1) is 8.27. The van der Waals surface area contributed by atoms with Crippen LogP contribution < -0.4 is 10.6 Å². The number of amides is 1. The van der Waals surface area contributed by atoms with E-state index in [4.69, 9.17) is 0 Å². The van der Waals surface area contributed by atoms with E-state index in [0.717, 1.165) is 26.2 Å². The summed E-state index contributed by atoms with van der Waals surface area (Å²) >= 11 is 2.02. The average Bonchev–Trinajstić information content (AvgIpc) is 2.77. The fraction of sp³-hybridized carbons (Fsp3) is 0.917. The van der Waals surface area contributed by atoms with Gasteiger partial charge in [-0.25, -0.2) is 0 Å². The third-order valence-corrected chi connectivity index (χ3v) is 4.63. The summed E-state index contributed by atoms with van der Waals surface area (Å²) in [4.78, 5) is 14.4. The summed E-state index contributed by atoms with van der Waals surface area (Å²) in [6.07, 6.45) is 0. The topological polar surface area (TPSA) is 44.4 Å². The fourth-order valence-corrected chi connectivity index (χ4v) is 3.43. The van der Waals surface area contributed by atoms with Crippen LogP contribution in [0.2, 0.25) is 0 Å². The Balaban J connectivity index is 1.62. The van der Waals surface area contributed by atoms with Gasteiger partial charge in [-0.3, -0.25) is 9.69 Å². The zero-order valence-electron chi connectivity index (χ0n) is 10.6. The fourth-order valence-electron chi connectivity index (χ4n) is 2.45. The molecule has 4 nitrogen and oxygen atoms in total. The third kappa shape index (κ3) is 3.86. The predicted molar refractivity (Wildman–Crippen MR) is 72.3 cm³/mol. The number of hydrogen-bond donors (Lipinski definition) is 2. The van der Waals surface area contributed by atoms with E-state index in [-0.39, 0.29) is 11.8 Å². The lowest BCUT2D eigenvalue weighted by atomic mass is 9.97. The van der Waals surface area contributed by atoms with Gasteiger partial charge in [0.2, 0.25) is 5.91 Å². The minimum atomic E-state index is 0.173. The van der Waals surface area contributed by atoms with E-state index in [1.54, 1.807) is 0 Å². The van der Waals surface area contributed by atoms with Crippen molar-refractivity contribution in [3.63, 3.8) is 0 Å². The van der Waals surface area contributed by atoms with Crippen molar-refractivity contribution in [3.8, 4) is 0 Å². The number of carbonyl (C=O) groups is 1. The van der Waals surface area contributed by atoms with E-state index in [1.165, 1.54) is 24.6 Å². The van der Waals surface area contributed by atoms with Crippen molar-refractivity contribution in [2.45, 2.75) is 6.92 Å². The largest absolute Gasteiger partial charge is 0.355 e. The molecule has 2 aliphatic rings. The number of nitrogens with one attached hydrogen (secondary N) is 2. The van der Waals surface area contributed by atoms with E-state index in [0.29, 0.717) is 5.92 Å². The number of rotatable bonds is 4. The Bertz CT molecular complexity index is 256. The quantitative estimate of drug-likeness (QED) is 0.744. The zero-order chi connectivity index (χ0) is 12.1. The first-order valence-electron chi connectivity index (χ1n) is 6.56. The highest BCUT2D eigenvalue weighted by Gasteiger charge is 2.29. The van der Waals surface area contributed by atoms with Crippen LogP contribution in [0.3, 0.4) is 0 Å². The molecular formula is C12H23N3OS. The van der Waals surface area contributed by atoms with Crippen LogP contribution in [0, 0.1) is 11.8 Å². The maximum Gasteiger partial charge on any atom is 0.224 e. The van der Waals surface area contributed by atoms with Crippen molar-refractivity contribution < 1.29 is 4.79 Å². The molecule has 2 unspecified atom stereocenters. The molecule has 0 bridgehead atoms. The molecule has 0 aromatic rings. The Kier molecular flexibility index (Phi) is 5.13. The Morgan fingerprint density at radius 1 is 1.41 bits per heavy atom. The minimum Gasteiger partial charge on any atom is -0.355 e. The summed E-state index contributed by atoms with van der Waals surface area (Å²) in [5.74, 6) is 3.34. The molecule has 0 aromatic heterocycles. The molecule has 0 radical (unpaired) electrons. The van der Waals surface area contributed by atoms with Gasteiger partial charge in [0, 0.05) is 44.2 Å². The normalized spacial score (nSPS) is 30.4. The predicted octanol–water partition coefficient (Wildman–Crippen LogP) is 0.00690. The molecule has 0 aliphatic carbocycles. The van der Waals surface area contributed by atoms with Gasteiger partial charge in [-0.1, -0.05) is 6.92 Å². The van der Waals surface area contributed by atoms with Gasteiger partial charge >= 0.3 is 0 Å². The molecule has 2 fully saturated rings. The lowest BCUT2D eigenvalue weighted by Crippen LogP contribution is -2.41. The second-order valence-electron chi connectivity index (χ2n) is 4.99. The number of nitrogens with zero attached hydrogens (tertiary/aromatic N) is 1. The summed E-state index contributed by atoms with van der Waals surface area (Å²) in [5.41, 5.74) is 0. The second-order valence-corrected chi connectivity index (χ2v) is 6.21. The van der Waals surface area contributed by atoms with Gasteiger partial charge in [0.15, 0.2) is 0 Å². The minimum absolute atomic E-state index is 0.173. The van der Waals surface area contributed by atoms with Gasteiger partial charge in [-0.05, 0) is 12.5 Å². The van der Waals surface area contributed by atoms with Crippen LogP contribution >= 0.6 is 11.8 Å². The Labute approximate surface area is 108 Å². The van der Waals surface area contributed by atoms with E-state index in [1.807, 2.05) is 11.8 Å². The zero-order valence-corrected chi connectivity index (χ0v) is 11.4. The summed E-state index contributed by atoms with van der Waals surface area (Å²) in [6, 6.07) is 0. The molecule has 17 heavy (non-hydrogen) atoms. The van der Waals surface area contributed by atoms with E-state index in [2.05, 4.69) is 22.5 Å². The second kappa shape index (κ2) is 6.61. The molecule has 5 heteroatoms. The van der Waals surface area contributed by atoms with Crippen LogP contribution in [-0.4, -0.2) is 61.6 Å². The van der Waals surface area contributed by atoms with Crippen molar-refractivity contribution in [3.05, 3.63) is 0 Å². The van der Waals surface area contributed by atoms with Crippen LogP contribution in [0.15, 0.2) is 0 Å². The van der Waals surface area contributed by atoms with Gasteiger partial charge < -0.3 is 10.6 Å². The molecule has 2 rings (SSSR count). The van der Waals surface area contributed by atoms with Crippen LogP contribution in [0.4, 0.5) is 0 Å². The Morgan fingerprint density at radius 2 is 2.18 bits per heavy atom. The molecule has 2 N–H and O–H groups in total. The summed E-state index contributed by atoms with van der Waals surface area (Å²) < 4.78 is 0. The standard InChI is InChI=1S/C12H23N3OS/c1-10-8-13-9-11(10)12(16)14-2-3-15-4-6-17-7-5-15/h10-11,13H,2-9H2,1H3,(H,14,16). The van der Waals surface area contributed by atoms with Gasteiger partial charge in [-0.15, -0.1) is 0 Å². The summed E-state index contributed by atoms with van der Waals surface area (Å²) in [6.45, 7) is 8.10. The van der Waals surface area contributed by atoms with E-state index >= 15 is 0 Å². The molecule has 0 aromatic carbocycles. The summed E-state index contributed by atoms with van der Waals surface area (Å²) in [5, 5.41) is 6.34. The molecule has 1 amide bonds. The molecule has 2 heterocycles. The van der Waals surface area contributed by atoms with Gasteiger partial charge in [0.1, 0.15) is 0 Å². The van der Waals surface area contributed by atoms with Crippen molar-refractivity contribution in [2.24, 2.45) is 11.8 Å². The molecular weight excluding hydrogens is 234 g/mol. The van der Waals surface area contributed by atoms with Gasteiger partial charge in [-0.2, -0.15) is 11.8 Å². The molecule has 2 aliphatic heterocycles. The van der Waals surface area contributed by atoms with Crippen LogP contribution in [0.5, 0.6) is 0 Å². The van der Waals surface area contributed by atoms with E-state index < -0.39 is 0 Å². The molecule has 2 atom stereocenters. The van der Waals surface area contributed by atoms with E-state index in [9.17, 15) is 4.79 Å². The highest BCUT2D eigenvalue weighted by Crippen LogP contribution is 2.15. The van der Waals surface area contributed by atoms with Gasteiger partial charge in [0.25, 0.3) is 0 Å². The first kappa shape index (κ1) is 13.2. The summed E-state index contributed by atoms with van der Waals surface area (Å²) in [7, 11) is 0. The molecule has 0 saturated carbocycles. The maximum atomic E-state index is 11.9. The maximum absolute atomic E-state index is 11.9. The molecule has 0 spiro atoms. The Morgan fingerprint density at radius 3 is 2.82 bits per heavy atom. The average molecular weight is 257 g/mol. The number of carbonyl (C=O) groups excluding carboxylic acids is 1. The Hall–Kier alpha value is -0.260. The SMILES string of the molecule is CC1CNCC1C(=O)NCCN1CCSCC1. The number of thioether (sulfide) groups is 1. The highest BCUT2D eigenvalue weighted by atomic mass is 32.2. The van der Waals surface area contributed by atoms with Crippen LogP contribution in [0.1, 0.15) is 6.92 Å². The van der Waals surface area contributed by atoms with Crippen molar-refractivity contribution in [2.75, 3.05) is 50.8 Å². The smallest absolute Gasteiger partial charge is 0.224 e. The monoisotopic (exact) mass is 257 g/mol. The number of hydrogen-bond acceptors (Lipinski definition) is 4. The van der Waals surface area contributed by atoms with Crippen LogP contribution in [-0.2, 0) is 4.79 Å². The first-order valence-corrected chi connectivity index (χ1v) is 7.71. The van der Waals surface area contributed by atoms with Crippen molar-refractivity contribution in [1.82, 2.24) is 15.5 Å². The van der Waals surface area contributed by atoms with Gasteiger partial charge in [0.05, 0.1) is 5.92 Å².